The van der Waals surface area contributed by atoms with Crippen LogP contribution in [-0.4, -0.2) is 18.5 Å². The number of hydrogen-bond donors (Lipinski definition) is 1. The molecule has 0 aromatic heterocycles. The van der Waals surface area contributed by atoms with Gasteiger partial charge in [0.2, 0.25) is 5.91 Å². The standard InChI is InChI=1S/C10H9BrN2O2/c1-6-3-2-4-7(9(6)11)13-5-8(14)12-10(13)15/h2-4H,5H2,1H3,(H,12,14,15). The lowest BCUT2D eigenvalue weighted by Gasteiger charge is -2.16. The van der Waals surface area contributed by atoms with E-state index in [0.717, 1.165) is 15.7 Å². The molecule has 0 radical (unpaired) electrons. The van der Waals surface area contributed by atoms with E-state index in [-0.39, 0.29) is 18.5 Å². The number of benzene rings is 1. The van der Waals surface area contributed by atoms with E-state index in [4.69, 9.17) is 0 Å². The maximum Gasteiger partial charge on any atom is 0.329 e. The molecule has 2 rings (SSSR count). The van der Waals surface area contributed by atoms with Gasteiger partial charge < -0.3 is 0 Å². The molecule has 1 heterocycles. The highest BCUT2D eigenvalue weighted by Gasteiger charge is 2.29. The van der Waals surface area contributed by atoms with Gasteiger partial charge in [0.05, 0.1) is 5.69 Å². The first-order valence-corrected chi connectivity index (χ1v) is 5.25. The zero-order valence-electron chi connectivity index (χ0n) is 8.08. The summed E-state index contributed by atoms with van der Waals surface area (Å²) in [5, 5.41) is 2.24. The topological polar surface area (TPSA) is 49.4 Å². The monoisotopic (exact) mass is 268 g/mol. The normalized spacial score (nSPS) is 15.7. The van der Waals surface area contributed by atoms with E-state index in [1.54, 1.807) is 6.07 Å². The molecule has 15 heavy (non-hydrogen) atoms. The number of halogens is 1. The first-order valence-electron chi connectivity index (χ1n) is 4.46. The molecule has 1 aliphatic rings. The summed E-state index contributed by atoms with van der Waals surface area (Å²) in [7, 11) is 0. The summed E-state index contributed by atoms with van der Waals surface area (Å²) < 4.78 is 0.842. The average Bonchev–Trinajstić information content (AvgIpc) is 2.50. The summed E-state index contributed by atoms with van der Waals surface area (Å²) in [5.41, 5.74) is 1.75. The van der Waals surface area contributed by atoms with Gasteiger partial charge in [-0.3, -0.25) is 15.0 Å². The minimum Gasteiger partial charge on any atom is -0.284 e. The Bertz CT molecular complexity index is 445. The molecule has 0 unspecified atom stereocenters. The molecule has 78 valence electrons. The molecule has 5 heteroatoms. The Kier molecular flexibility index (Phi) is 2.48. The number of hydrogen-bond acceptors (Lipinski definition) is 2. The van der Waals surface area contributed by atoms with Crippen LogP contribution in [0.5, 0.6) is 0 Å². The number of urea groups is 1. The molecular formula is C10H9BrN2O2. The Morgan fingerprint density at radius 3 is 2.73 bits per heavy atom. The Labute approximate surface area is 95.4 Å². The van der Waals surface area contributed by atoms with Gasteiger partial charge in [0, 0.05) is 4.47 Å². The molecule has 0 aliphatic carbocycles. The molecule has 0 bridgehead atoms. The van der Waals surface area contributed by atoms with Crippen molar-refractivity contribution in [3.05, 3.63) is 28.2 Å². The maximum absolute atomic E-state index is 11.4. The molecule has 1 saturated heterocycles. The molecule has 0 spiro atoms. The van der Waals surface area contributed by atoms with Crippen LogP contribution < -0.4 is 10.2 Å². The van der Waals surface area contributed by atoms with Crippen LogP contribution in [0.4, 0.5) is 10.5 Å². The number of aryl methyl sites for hydroxylation is 1. The van der Waals surface area contributed by atoms with E-state index >= 15 is 0 Å². The maximum atomic E-state index is 11.4. The predicted octanol–water partition coefficient (Wildman–Crippen LogP) is 1.81. The molecule has 0 saturated carbocycles. The smallest absolute Gasteiger partial charge is 0.284 e. The molecule has 1 aromatic rings. The van der Waals surface area contributed by atoms with Gasteiger partial charge in [-0.15, -0.1) is 0 Å². The van der Waals surface area contributed by atoms with Crippen molar-refractivity contribution in [1.29, 1.82) is 0 Å². The van der Waals surface area contributed by atoms with Gasteiger partial charge in [-0.25, -0.2) is 4.79 Å². The molecule has 4 nitrogen and oxygen atoms in total. The van der Waals surface area contributed by atoms with Gasteiger partial charge in [0.15, 0.2) is 0 Å². The minimum absolute atomic E-state index is 0.0842. The first kappa shape index (κ1) is 10.2. The van der Waals surface area contributed by atoms with E-state index < -0.39 is 0 Å². The molecule has 1 N–H and O–H groups in total. The van der Waals surface area contributed by atoms with Crippen molar-refractivity contribution in [3.8, 4) is 0 Å². The molecule has 1 fully saturated rings. The number of carbonyl (C=O) groups excluding carboxylic acids is 2. The van der Waals surface area contributed by atoms with Crippen molar-refractivity contribution >= 4 is 33.6 Å². The first-order chi connectivity index (χ1) is 7.09. The third kappa shape index (κ3) is 1.74. The van der Waals surface area contributed by atoms with E-state index in [1.165, 1.54) is 4.90 Å². The van der Waals surface area contributed by atoms with Crippen molar-refractivity contribution in [2.24, 2.45) is 0 Å². The van der Waals surface area contributed by atoms with Crippen molar-refractivity contribution in [1.82, 2.24) is 5.32 Å². The summed E-state index contributed by atoms with van der Waals surface area (Å²) in [6.07, 6.45) is 0. The zero-order valence-corrected chi connectivity index (χ0v) is 9.67. The molecule has 0 atom stereocenters. The van der Waals surface area contributed by atoms with Crippen LogP contribution in [0.15, 0.2) is 22.7 Å². The van der Waals surface area contributed by atoms with E-state index in [9.17, 15) is 9.59 Å². The van der Waals surface area contributed by atoms with Crippen LogP contribution in [0, 0.1) is 6.92 Å². The number of anilines is 1. The van der Waals surface area contributed by atoms with Gasteiger partial charge in [0.1, 0.15) is 6.54 Å². The van der Waals surface area contributed by atoms with Gasteiger partial charge in [0.25, 0.3) is 0 Å². The van der Waals surface area contributed by atoms with Crippen LogP contribution in [0.3, 0.4) is 0 Å². The number of imide groups is 1. The fourth-order valence-corrected chi connectivity index (χ4v) is 1.96. The van der Waals surface area contributed by atoms with Crippen LogP contribution >= 0.6 is 15.9 Å². The Morgan fingerprint density at radius 1 is 1.40 bits per heavy atom. The predicted molar refractivity (Wildman–Crippen MR) is 59.8 cm³/mol. The van der Waals surface area contributed by atoms with E-state index in [1.807, 2.05) is 19.1 Å². The van der Waals surface area contributed by atoms with Crippen LogP contribution in [0.25, 0.3) is 0 Å². The number of amides is 3. The van der Waals surface area contributed by atoms with E-state index in [2.05, 4.69) is 21.2 Å². The largest absolute Gasteiger partial charge is 0.329 e. The fraction of sp³-hybridized carbons (Fsp3) is 0.200. The lowest BCUT2D eigenvalue weighted by molar-refractivity contribution is -0.117. The molecule has 3 amide bonds. The van der Waals surface area contributed by atoms with Gasteiger partial charge in [-0.05, 0) is 34.5 Å². The second kappa shape index (κ2) is 3.66. The second-order valence-corrected chi connectivity index (χ2v) is 4.14. The van der Waals surface area contributed by atoms with Crippen molar-refractivity contribution in [2.75, 3.05) is 11.4 Å². The quantitative estimate of drug-likeness (QED) is 0.790. The Morgan fingerprint density at radius 2 is 2.13 bits per heavy atom. The van der Waals surface area contributed by atoms with Gasteiger partial charge in [-0.1, -0.05) is 12.1 Å². The van der Waals surface area contributed by atoms with E-state index in [0.29, 0.717) is 0 Å². The molecular weight excluding hydrogens is 260 g/mol. The molecule has 1 aromatic carbocycles. The third-order valence-corrected chi connectivity index (χ3v) is 3.29. The third-order valence-electron chi connectivity index (χ3n) is 2.26. The number of rotatable bonds is 1. The van der Waals surface area contributed by atoms with Gasteiger partial charge in [-0.2, -0.15) is 0 Å². The fourth-order valence-electron chi connectivity index (χ4n) is 1.48. The highest BCUT2D eigenvalue weighted by molar-refractivity contribution is 9.10. The summed E-state index contributed by atoms with van der Waals surface area (Å²) in [6.45, 7) is 2.02. The van der Waals surface area contributed by atoms with Crippen LogP contribution in [0.2, 0.25) is 0 Å². The number of nitrogens with one attached hydrogen (secondary N) is 1. The molecule has 1 aliphatic heterocycles. The number of nitrogens with zero attached hydrogens (tertiary/aromatic N) is 1. The Hall–Kier alpha value is -1.36. The van der Waals surface area contributed by atoms with Crippen LogP contribution in [-0.2, 0) is 4.79 Å². The van der Waals surface area contributed by atoms with Crippen molar-refractivity contribution in [3.63, 3.8) is 0 Å². The highest BCUT2D eigenvalue weighted by Crippen LogP contribution is 2.30. The van der Waals surface area contributed by atoms with Crippen molar-refractivity contribution in [2.45, 2.75) is 6.92 Å². The van der Waals surface area contributed by atoms with Crippen LogP contribution in [0.1, 0.15) is 5.56 Å². The summed E-state index contributed by atoms with van der Waals surface area (Å²) >= 11 is 3.40. The zero-order chi connectivity index (χ0) is 11.0. The van der Waals surface area contributed by atoms with Crippen molar-refractivity contribution < 1.29 is 9.59 Å². The summed E-state index contributed by atoms with van der Waals surface area (Å²) in [5.74, 6) is -0.270. The number of carbonyl (C=O) groups is 2. The average molecular weight is 269 g/mol. The second-order valence-electron chi connectivity index (χ2n) is 3.35. The summed E-state index contributed by atoms with van der Waals surface area (Å²) in [6, 6.07) is 5.22. The van der Waals surface area contributed by atoms with Gasteiger partial charge >= 0.3 is 6.03 Å². The SMILES string of the molecule is Cc1cccc(N2CC(=O)NC2=O)c1Br. The lowest BCUT2D eigenvalue weighted by atomic mass is 10.2. The Balaban J connectivity index is 2.42. The highest BCUT2D eigenvalue weighted by atomic mass is 79.9. The minimum atomic E-state index is -0.369. The lowest BCUT2D eigenvalue weighted by Crippen LogP contribution is -2.28. The summed E-state index contributed by atoms with van der Waals surface area (Å²) in [4.78, 5) is 23.9.